The molecule has 10 nitrogen and oxygen atoms in total. The lowest BCUT2D eigenvalue weighted by atomic mass is 9.85. The quantitative estimate of drug-likeness (QED) is 0.166. The van der Waals surface area contributed by atoms with Crippen molar-refractivity contribution < 1.29 is 14.3 Å². The molecule has 1 aliphatic carbocycles. The zero-order chi connectivity index (χ0) is 30.8. The minimum Gasteiger partial charge on any atom is -0.359 e. The number of nitrogens with zero attached hydrogens (tertiary/aromatic N) is 5. The van der Waals surface area contributed by atoms with E-state index in [0.29, 0.717) is 41.9 Å². The van der Waals surface area contributed by atoms with Crippen LogP contribution in [0.25, 0.3) is 27.6 Å². The van der Waals surface area contributed by atoms with Gasteiger partial charge >= 0.3 is 5.69 Å². The summed E-state index contributed by atoms with van der Waals surface area (Å²) in [7, 11) is 1.60. The minimum absolute atomic E-state index is 0.0529. The van der Waals surface area contributed by atoms with Crippen molar-refractivity contribution in [2.45, 2.75) is 58.7 Å². The van der Waals surface area contributed by atoms with Gasteiger partial charge in [0, 0.05) is 31.3 Å². The molecule has 3 heterocycles. The molecule has 3 aromatic heterocycles. The van der Waals surface area contributed by atoms with Gasteiger partial charge in [-0.2, -0.15) is 5.10 Å². The van der Waals surface area contributed by atoms with Crippen molar-refractivity contribution in [3.8, 4) is 5.69 Å². The van der Waals surface area contributed by atoms with Crippen molar-refractivity contribution in [2.24, 2.45) is 5.92 Å². The molecule has 1 N–H and O–H groups in total. The molecule has 0 spiro atoms. The van der Waals surface area contributed by atoms with Gasteiger partial charge in [-0.3, -0.25) is 23.6 Å². The number of para-hydroxylation sites is 2. The lowest BCUT2D eigenvalue weighted by Gasteiger charge is -2.29. The number of rotatable bonds is 10. The molecule has 11 heteroatoms. The van der Waals surface area contributed by atoms with Gasteiger partial charge in [0.05, 0.1) is 57.4 Å². The predicted molar refractivity (Wildman–Crippen MR) is 171 cm³/mol. The van der Waals surface area contributed by atoms with Crippen LogP contribution >= 0.6 is 11.6 Å². The smallest absolute Gasteiger partial charge is 0.333 e. The third kappa shape index (κ3) is 6.02. The van der Waals surface area contributed by atoms with Crippen LogP contribution in [0.15, 0.2) is 59.5 Å². The van der Waals surface area contributed by atoms with Crippen molar-refractivity contribution >= 4 is 39.4 Å². The van der Waals surface area contributed by atoms with Gasteiger partial charge in [-0.25, -0.2) is 4.79 Å². The summed E-state index contributed by atoms with van der Waals surface area (Å²) in [4.78, 5) is 31.1. The summed E-state index contributed by atoms with van der Waals surface area (Å²) in [5, 5.41) is 9.32. The Morgan fingerprint density at radius 1 is 1.02 bits per heavy atom. The highest BCUT2D eigenvalue weighted by Gasteiger charge is 2.26. The molecule has 0 unspecified atom stereocenters. The van der Waals surface area contributed by atoms with E-state index in [1.807, 2.05) is 65.6 Å². The molecule has 0 saturated heterocycles. The first kappa shape index (κ1) is 30.1. The summed E-state index contributed by atoms with van der Waals surface area (Å²) in [5.41, 5.74) is 5.62. The normalized spacial score (nSPS) is 17.0. The standard InChI is InChI=1S/C33H37ClN6O4/c1-21-28(16-24(34)18-35-21)32(41)36-25-10-8-23(9-11-25)19-38-30-6-4-5-7-31(30)40(33(38)42)26-12-13-29-27(17-26)22(2)37-39(29)14-15-44-20-43-3/h4-7,12-13,16-18,23,25H,8-11,14-15,19-20H2,1-3H3,(H,36,41). The summed E-state index contributed by atoms with van der Waals surface area (Å²) in [6, 6.07) is 15.8. The van der Waals surface area contributed by atoms with Crippen LogP contribution in [0.3, 0.4) is 0 Å². The molecule has 2 aromatic carbocycles. The van der Waals surface area contributed by atoms with E-state index in [4.69, 9.17) is 26.2 Å². The van der Waals surface area contributed by atoms with E-state index in [9.17, 15) is 9.59 Å². The van der Waals surface area contributed by atoms with Crippen molar-refractivity contribution in [3.05, 3.63) is 87.2 Å². The van der Waals surface area contributed by atoms with Gasteiger partial charge < -0.3 is 14.8 Å². The Morgan fingerprint density at radius 2 is 1.80 bits per heavy atom. The first-order chi connectivity index (χ1) is 21.3. The number of hydrogen-bond acceptors (Lipinski definition) is 6. The number of ether oxygens (including phenoxy) is 2. The second-order valence-corrected chi connectivity index (χ2v) is 12.0. The van der Waals surface area contributed by atoms with Gasteiger partial charge in [-0.1, -0.05) is 23.7 Å². The second kappa shape index (κ2) is 12.9. The summed E-state index contributed by atoms with van der Waals surface area (Å²) < 4.78 is 16.1. The van der Waals surface area contributed by atoms with E-state index in [1.54, 1.807) is 23.9 Å². The van der Waals surface area contributed by atoms with Crippen LogP contribution in [0.2, 0.25) is 5.02 Å². The summed E-state index contributed by atoms with van der Waals surface area (Å²) in [5.74, 6) is 0.190. The Hall–Kier alpha value is -3.99. The van der Waals surface area contributed by atoms with Crippen LogP contribution in [-0.4, -0.2) is 56.4 Å². The van der Waals surface area contributed by atoms with Crippen molar-refractivity contribution in [3.63, 3.8) is 0 Å². The molecule has 1 saturated carbocycles. The Labute approximate surface area is 260 Å². The zero-order valence-electron chi connectivity index (χ0n) is 25.3. The summed E-state index contributed by atoms with van der Waals surface area (Å²) in [6.07, 6.45) is 5.10. The average Bonchev–Trinajstić information content (AvgIpc) is 3.49. The van der Waals surface area contributed by atoms with Gasteiger partial charge in [0.25, 0.3) is 5.91 Å². The number of amides is 1. The lowest BCUT2D eigenvalue weighted by Crippen LogP contribution is -2.39. The second-order valence-electron chi connectivity index (χ2n) is 11.5. The number of aromatic nitrogens is 5. The highest BCUT2D eigenvalue weighted by molar-refractivity contribution is 6.30. The molecule has 1 amide bonds. The molecule has 44 heavy (non-hydrogen) atoms. The van der Waals surface area contributed by atoms with Gasteiger partial charge in [0.15, 0.2) is 0 Å². The van der Waals surface area contributed by atoms with E-state index in [-0.39, 0.29) is 24.4 Å². The zero-order valence-corrected chi connectivity index (χ0v) is 26.0. The molecule has 0 bridgehead atoms. The number of carbonyl (C=O) groups excluding carboxylic acids is 1. The van der Waals surface area contributed by atoms with E-state index < -0.39 is 0 Å². The van der Waals surface area contributed by atoms with Crippen LogP contribution in [0.4, 0.5) is 0 Å². The lowest BCUT2D eigenvalue weighted by molar-refractivity contribution is -0.0333. The molecule has 0 aliphatic heterocycles. The van der Waals surface area contributed by atoms with Crippen molar-refractivity contribution in [1.82, 2.24) is 29.2 Å². The maximum atomic E-state index is 14.0. The number of aryl methyl sites for hydroxylation is 2. The van der Waals surface area contributed by atoms with Gasteiger partial charge in [-0.05, 0) is 81.8 Å². The molecule has 230 valence electrons. The number of hydrogen-bond donors (Lipinski definition) is 1. The summed E-state index contributed by atoms with van der Waals surface area (Å²) >= 11 is 6.07. The largest absolute Gasteiger partial charge is 0.359 e. The predicted octanol–water partition coefficient (Wildman–Crippen LogP) is 5.42. The Balaban J connectivity index is 1.19. The van der Waals surface area contributed by atoms with Crippen LogP contribution < -0.4 is 11.0 Å². The van der Waals surface area contributed by atoms with Gasteiger partial charge in [-0.15, -0.1) is 0 Å². The molecule has 5 aromatic rings. The molecule has 0 atom stereocenters. The molecule has 1 fully saturated rings. The number of methoxy groups -OCH3 is 1. The van der Waals surface area contributed by atoms with E-state index in [0.717, 1.165) is 59.0 Å². The topological polar surface area (TPSA) is 105 Å². The Kier molecular flexibility index (Phi) is 8.83. The van der Waals surface area contributed by atoms with Gasteiger partial charge in [0.1, 0.15) is 6.79 Å². The SMILES string of the molecule is COCOCCn1nc(C)c2cc(-n3c(=O)n(CC4CCC(NC(=O)c5cc(Cl)cnc5C)CC4)c4ccccc43)ccc21. The van der Waals surface area contributed by atoms with E-state index >= 15 is 0 Å². The average molecular weight is 617 g/mol. The number of imidazole rings is 1. The number of benzene rings is 2. The molecular weight excluding hydrogens is 580 g/mol. The van der Waals surface area contributed by atoms with E-state index in [1.165, 1.54) is 0 Å². The van der Waals surface area contributed by atoms with Crippen LogP contribution in [0, 0.1) is 19.8 Å². The van der Waals surface area contributed by atoms with Gasteiger partial charge in [0.2, 0.25) is 0 Å². The van der Waals surface area contributed by atoms with E-state index in [2.05, 4.69) is 10.3 Å². The van der Waals surface area contributed by atoms with Crippen LogP contribution in [0.1, 0.15) is 47.4 Å². The monoisotopic (exact) mass is 616 g/mol. The first-order valence-electron chi connectivity index (χ1n) is 15.0. The minimum atomic E-state index is -0.141. The van der Waals surface area contributed by atoms with Crippen molar-refractivity contribution in [2.75, 3.05) is 20.5 Å². The molecule has 0 radical (unpaired) electrons. The molecule has 1 aliphatic rings. The third-order valence-electron chi connectivity index (χ3n) is 8.58. The maximum Gasteiger partial charge on any atom is 0.333 e. The number of carbonyl (C=O) groups is 1. The molecule has 6 rings (SSSR count). The maximum absolute atomic E-state index is 14.0. The Morgan fingerprint density at radius 3 is 2.57 bits per heavy atom. The third-order valence-corrected chi connectivity index (χ3v) is 8.79. The highest BCUT2D eigenvalue weighted by atomic mass is 35.5. The van der Waals surface area contributed by atoms with Crippen LogP contribution in [0.5, 0.6) is 0 Å². The van der Waals surface area contributed by atoms with Crippen LogP contribution in [-0.2, 0) is 22.6 Å². The summed E-state index contributed by atoms with van der Waals surface area (Å²) in [6.45, 7) is 5.77. The number of nitrogens with one attached hydrogen (secondary N) is 1. The fourth-order valence-electron chi connectivity index (χ4n) is 6.31. The fourth-order valence-corrected chi connectivity index (χ4v) is 6.47. The Bertz CT molecular complexity index is 1870. The van der Waals surface area contributed by atoms with Crippen molar-refractivity contribution in [1.29, 1.82) is 0 Å². The highest BCUT2D eigenvalue weighted by Crippen LogP contribution is 2.29. The fraction of sp³-hybridized carbons (Fsp3) is 0.394. The number of halogens is 1. The molecular formula is C33H37ClN6O4. The number of fused-ring (bicyclic) bond motifs is 2. The first-order valence-corrected chi connectivity index (χ1v) is 15.4. The number of pyridine rings is 1.